The molecule has 2 aromatic rings. The number of ether oxygens (including phenoxy) is 2. The molecule has 24 heavy (non-hydrogen) atoms. The molecule has 1 fully saturated rings. The predicted molar refractivity (Wildman–Crippen MR) is 87.4 cm³/mol. The van der Waals surface area contributed by atoms with E-state index in [2.05, 4.69) is 9.97 Å². The van der Waals surface area contributed by atoms with Crippen molar-refractivity contribution in [1.29, 1.82) is 0 Å². The van der Waals surface area contributed by atoms with Gasteiger partial charge in [0, 0.05) is 25.5 Å². The van der Waals surface area contributed by atoms with Crippen LogP contribution in [0.15, 0.2) is 47.6 Å². The van der Waals surface area contributed by atoms with E-state index in [1.807, 2.05) is 0 Å². The van der Waals surface area contributed by atoms with Gasteiger partial charge in [-0.05, 0) is 31.0 Å². The van der Waals surface area contributed by atoms with Crippen LogP contribution < -0.4 is 9.47 Å². The van der Waals surface area contributed by atoms with E-state index in [9.17, 15) is 8.42 Å². The largest absolute Gasteiger partial charge is 0.495 e. The molecule has 1 aromatic carbocycles. The number of hydrogen-bond donors (Lipinski definition) is 0. The fourth-order valence-electron chi connectivity index (χ4n) is 2.66. The van der Waals surface area contributed by atoms with Crippen molar-refractivity contribution in [2.24, 2.45) is 0 Å². The summed E-state index contributed by atoms with van der Waals surface area (Å²) in [6, 6.07) is 8.69. The number of nitrogens with zero attached hydrogens (tertiary/aromatic N) is 3. The van der Waals surface area contributed by atoms with Crippen LogP contribution in [0, 0.1) is 0 Å². The van der Waals surface area contributed by atoms with Gasteiger partial charge in [0.25, 0.3) is 0 Å². The van der Waals surface area contributed by atoms with E-state index in [0.717, 1.165) is 0 Å². The van der Waals surface area contributed by atoms with E-state index in [0.29, 0.717) is 37.7 Å². The molecule has 3 rings (SSSR count). The van der Waals surface area contributed by atoms with Gasteiger partial charge in [0.1, 0.15) is 16.7 Å². The van der Waals surface area contributed by atoms with Crippen LogP contribution in [0.1, 0.15) is 12.8 Å². The van der Waals surface area contributed by atoms with Crippen molar-refractivity contribution >= 4 is 10.0 Å². The minimum absolute atomic E-state index is 0.0866. The number of aromatic nitrogens is 2. The van der Waals surface area contributed by atoms with Crippen LogP contribution in [0.5, 0.6) is 11.8 Å². The van der Waals surface area contributed by atoms with Gasteiger partial charge in [-0.1, -0.05) is 12.1 Å². The Morgan fingerprint density at radius 3 is 2.42 bits per heavy atom. The molecule has 1 aromatic heterocycles. The van der Waals surface area contributed by atoms with E-state index in [4.69, 9.17) is 9.47 Å². The molecule has 1 saturated heterocycles. The second-order valence-corrected chi connectivity index (χ2v) is 7.31. The Morgan fingerprint density at radius 2 is 1.75 bits per heavy atom. The first kappa shape index (κ1) is 16.7. The number of methoxy groups -OCH3 is 1. The summed E-state index contributed by atoms with van der Waals surface area (Å²) in [4.78, 5) is 8.25. The average molecular weight is 349 g/mol. The molecule has 0 radical (unpaired) electrons. The van der Waals surface area contributed by atoms with Gasteiger partial charge in [0.2, 0.25) is 10.0 Å². The number of benzene rings is 1. The second kappa shape index (κ2) is 7.14. The number of para-hydroxylation sites is 1. The zero-order valence-corrected chi connectivity index (χ0v) is 14.1. The molecule has 0 N–H and O–H groups in total. The highest BCUT2D eigenvalue weighted by Gasteiger charge is 2.32. The summed E-state index contributed by atoms with van der Waals surface area (Å²) < 4.78 is 38.0. The molecule has 0 spiro atoms. The fourth-order valence-corrected chi connectivity index (χ4v) is 4.28. The Balaban J connectivity index is 1.67. The topological polar surface area (TPSA) is 81.6 Å². The standard InChI is InChI=1S/C16H19N3O4S/c1-22-14-5-2-3-6-15(14)24(20,21)19-11-7-13(8-12-19)23-16-17-9-4-10-18-16/h2-6,9-10,13H,7-8,11-12H2,1H3. The number of hydrogen-bond acceptors (Lipinski definition) is 6. The van der Waals surface area contributed by atoms with Crippen molar-refractivity contribution in [3.63, 3.8) is 0 Å². The molecule has 7 nitrogen and oxygen atoms in total. The molecule has 0 unspecified atom stereocenters. The molecule has 128 valence electrons. The van der Waals surface area contributed by atoms with Crippen LogP contribution in [-0.2, 0) is 10.0 Å². The summed E-state index contributed by atoms with van der Waals surface area (Å²) in [6.07, 6.45) is 4.32. The lowest BCUT2D eigenvalue weighted by Gasteiger charge is -2.31. The summed E-state index contributed by atoms with van der Waals surface area (Å²) in [6.45, 7) is 0.774. The van der Waals surface area contributed by atoms with Gasteiger partial charge in [-0.3, -0.25) is 0 Å². The highest BCUT2D eigenvalue weighted by atomic mass is 32.2. The molecule has 1 aliphatic heterocycles. The van der Waals surface area contributed by atoms with Crippen molar-refractivity contribution in [3.05, 3.63) is 42.7 Å². The minimum atomic E-state index is -3.58. The summed E-state index contributed by atoms with van der Waals surface area (Å²) in [5, 5.41) is 0. The minimum Gasteiger partial charge on any atom is -0.495 e. The van der Waals surface area contributed by atoms with Crippen molar-refractivity contribution in [3.8, 4) is 11.8 Å². The Kier molecular flexibility index (Phi) is 4.96. The first-order valence-electron chi connectivity index (χ1n) is 7.68. The van der Waals surface area contributed by atoms with E-state index >= 15 is 0 Å². The molecule has 0 aliphatic carbocycles. The van der Waals surface area contributed by atoms with Crippen molar-refractivity contribution in [1.82, 2.24) is 14.3 Å². The summed E-state index contributed by atoms with van der Waals surface area (Å²) >= 11 is 0. The van der Waals surface area contributed by atoms with Gasteiger partial charge in [0.15, 0.2) is 0 Å². The molecule has 8 heteroatoms. The lowest BCUT2D eigenvalue weighted by atomic mass is 10.1. The smallest absolute Gasteiger partial charge is 0.316 e. The number of rotatable bonds is 5. The van der Waals surface area contributed by atoms with E-state index < -0.39 is 10.0 Å². The van der Waals surface area contributed by atoms with Crippen molar-refractivity contribution in [2.75, 3.05) is 20.2 Å². The first-order valence-corrected chi connectivity index (χ1v) is 9.12. The lowest BCUT2D eigenvalue weighted by Crippen LogP contribution is -2.41. The monoisotopic (exact) mass is 349 g/mol. The Morgan fingerprint density at radius 1 is 1.08 bits per heavy atom. The van der Waals surface area contributed by atoms with Gasteiger partial charge < -0.3 is 9.47 Å². The van der Waals surface area contributed by atoms with Crippen LogP contribution in [0.25, 0.3) is 0 Å². The maximum atomic E-state index is 12.8. The lowest BCUT2D eigenvalue weighted by molar-refractivity contribution is 0.124. The first-order chi connectivity index (χ1) is 11.6. The molecule has 0 bridgehead atoms. The highest BCUT2D eigenvalue weighted by Crippen LogP contribution is 2.28. The third kappa shape index (κ3) is 3.49. The zero-order chi connectivity index (χ0) is 17.0. The van der Waals surface area contributed by atoms with Crippen molar-refractivity contribution < 1.29 is 17.9 Å². The molecule has 1 aliphatic rings. The maximum Gasteiger partial charge on any atom is 0.316 e. The normalized spacial score (nSPS) is 16.7. The van der Waals surface area contributed by atoms with Crippen LogP contribution in [-0.4, -0.2) is 49.0 Å². The van der Waals surface area contributed by atoms with Gasteiger partial charge in [-0.2, -0.15) is 4.31 Å². The third-order valence-electron chi connectivity index (χ3n) is 3.90. The molecular weight excluding hydrogens is 330 g/mol. The zero-order valence-electron chi connectivity index (χ0n) is 13.3. The second-order valence-electron chi connectivity index (χ2n) is 5.40. The number of sulfonamides is 1. The summed E-state index contributed by atoms with van der Waals surface area (Å²) in [5.74, 6) is 0.355. The van der Waals surface area contributed by atoms with E-state index in [1.165, 1.54) is 11.4 Å². The van der Waals surface area contributed by atoms with Crippen LogP contribution in [0.4, 0.5) is 0 Å². The molecule has 2 heterocycles. The number of piperidine rings is 1. The predicted octanol–water partition coefficient (Wildman–Crippen LogP) is 1.72. The molecular formula is C16H19N3O4S. The average Bonchev–Trinajstić information content (AvgIpc) is 2.63. The van der Waals surface area contributed by atoms with Gasteiger partial charge in [-0.15, -0.1) is 0 Å². The SMILES string of the molecule is COc1ccccc1S(=O)(=O)N1CCC(Oc2ncccn2)CC1. The van der Waals surface area contributed by atoms with Crippen LogP contribution in [0.3, 0.4) is 0 Å². The van der Waals surface area contributed by atoms with Crippen LogP contribution in [0.2, 0.25) is 0 Å². The van der Waals surface area contributed by atoms with Gasteiger partial charge >= 0.3 is 6.01 Å². The summed E-state index contributed by atoms with van der Waals surface area (Å²) in [7, 11) is -2.11. The molecule has 0 amide bonds. The van der Waals surface area contributed by atoms with Gasteiger partial charge in [0.05, 0.1) is 7.11 Å². The highest BCUT2D eigenvalue weighted by molar-refractivity contribution is 7.89. The van der Waals surface area contributed by atoms with E-state index in [-0.39, 0.29) is 11.0 Å². The van der Waals surface area contributed by atoms with E-state index in [1.54, 1.807) is 42.7 Å². The summed E-state index contributed by atoms with van der Waals surface area (Å²) in [5.41, 5.74) is 0. The Labute approximate surface area is 141 Å². The quantitative estimate of drug-likeness (QED) is 0.817. The molecule has 0 saturated carbocycles. The third-order valence-corrected chi connectivity index (χ3v) is 5.84. The van der Waals surface area contributed by atoms with Gasteiger partial charge in [-0.25, -0.2) is 18.4 Å². The van der Waals surface area contributed by atoms with Crippen molar-refractivity contribution in [2.45, 2.75) is 23.8 Å². The molecule has 0 atom stereocenters. The Hall–Kier alpha value is -2.19. The maximum absolute atomic E-state index is 12.8. The Bertz CT molecular complexity index is 775. The van der Waals surface area contributed by atoms with Crippen LogP contribution >= 0.6 is 0 Å². The fraction of sp³-hybridized carbons (Fsp3) is 0.375.